The minimum absolute atomic E-state index is 0.0386. The number of aliphatic hydroxyl groups is 1. The first-order valence-corrected chi connectivity index (χ1v) is 7.24. The highest BCUT2D eigenvalue weighted by Gasteiger charge is 2.30. The van der Waals surface area contributed by atoms with Crippen molar-refractivity contribution in [3.63, 3.8) is 0 Å². The number of nitrogens with one attached hydrogen (secondary N) is 1. The van der Waals surface area contributed by atoms with Crippen LogP contribution in [0, 0.1) is 5.92 Å². The highest BCUT2D eigenvalue weighted by Crippen LogP contribution is 2.29. The maximum atomic E-state index is 9.75. The number of aliphatic hydroxyl groups excluding tert-OH is 1. The van der Waals surface area contributed by atoms with Crippen molar-refractivity contribution in [3.05, 3.63) is 35.9 Å². The van der Waals surface area contributed by atoms with Gasteiger partial charge in [0.25, 0.3) is 0 Å². The Morgan fingerprint density at radius 1 is 1.32 bits per heavy atom. The van der Waals surface area contributed by atoms with Gasteiger partial charge in [0.1, 0.15) is 0 Å². The van der Waals surface area contributed by atoms with Crippen LogP contribution in [0.15, 0.2) is 30.3 Å². The summed E-state index contributed by atoms with van der Waals surface area (Å²) in [4.78, 5) is 0. The summed E-state index contributed by atoms with van der Waals surface area (Å²) in [5.41, 5.74) is 0.588. The molecular formula is C16H25NO2. The van der Waals surface area contributed by atoms with Crippen molar-refractivity contribution in [2.45, 2.75) is 31.2 Å². The van der Waals surface area contributed by atoms with E-state index in [-0.39, 0.29) is 6.61 Å². The van der Waals surface area contributed by atoms with Crippen LogP contribution < -0.4 is 5.32 Å². The van der Waals surface area contributed by atoms with Crippen molar-refractivity contribution in [2.24, 2.45) is 5.92 Å². The lowest BCUT2D eigenvalue weighted by molar-refractivity contribution is 0.0278. The van der Waals surface area contributed by atoms with Gasteiger partial charge in [-0.1, -0.05) is 49.6 Å². The molecule has 0 heterocycles. The molecule has 2 N–H and O–H groups in total. The fourth-order valence-electron chi connectivity index (χ4n) is 2.55. The van der Waals surface area contributed by atoms with Gasteiger partial charge in [0.2, 0.25) is 0 Å². The third-order valence-electron chi connectivity index (χ3n) is 4.32. The largest absolute Gasteiger partial charge is 0.394 e. The molecule has 1 aliphatic carbocycles. The van der Waals surface area contributed by atoms with Crippen LogP contribution in [-0.2, 0) is 10.3 Å². The highest BCUT2D eigenvalue weighted by atomic mass is 16.5. The SMILES string of the molecule is CNC(CO)(COCCC1CCC1)c1ccccc1. The van der Waals surface area contributed by atoms with Gasteiger partial charge in [0.05, 0.1) is 18.8 Å². The standard InChI is InChI=1S/C16H25NO2/c1-17-16(12-18,15-8-3-2-4-9-15)13-19-11-10-14-6-5-7-14/h2-4,8-9,14,17-18H,5-7,10-13H2,1H3. The zero-order valence-corrected chi connectivity index (χ0v) is 11.8. The van der Waals surface area contributed by atoms with Gasteiger partial charge in [-0.15, -0.1) is 0 Å². The van der Waals surface area contributed by atoms with E-state index < -0.39 is 5.54 Å². The summed E-state index contributed by atoms with van der Waals surface area (Å²) >= 11 is 0. The van der Waals surface area contributed by atoms with E-state index >= 15 is 0 Å². The molecule has 106 valence electrons. The summed E-state index contributed by atoms with van der Waals surface area (Å²) in [6, 6.07) is 10.0. The van der Waals surface area contributed by atoms with Crippen molar-refractivity contribution < 1.29 is 9.84 Å². The Labute approximate surface area is 116 Å². The third-order valence-corrected chi connectivity index (χ3v) is 4.32. The average molecular weight is 263 g/mol. The first-order valence-electron chi connectivity index (χ1n) is 7.24. The van der Waals surface area contributed by atoms with Crippen LogP contribution in [-0.4, -0.2) is 32.0 Å². The summed E-state index contributed by atoms with van der Waals surface area (Å²) in [5, 5.41) is 13.0. The van der Waals surface area contributed by atoms with Gasteiger partial charge in [0, 0.05) is 6.61 Å². The van der Waals surface area contributed by atoms with E-state index in [1.165, 1.54) is 19.3 Å². The first kappa shape index (κ1) is 14.5. The second kappa shape index (κ2) is 7.04. The molecule has 0 radical (unpaired) electrons. The molecule has 1 saturated carbocycles. The molecule has 1 aromatic rings. The highest BCUT2D eigenvalue weighted by molar-refractivity contribution is 5.24. The Kier molecular flexibility index (Phi) is 5.37. The number of ether oxygens (including phenoxy) is 1. The maximum absolute atomic E-state index is 9.75. The predicted octanol–water partition coefficient (Wildman–Crippen LogP) is 2.30. The number of likely N-dealkylation sites (N-methyl/N-ethyl adjacent to an activating group) is 1. The molecule has 1 aromatic carbocycles. The number of hydrogen-bond acceptors (Lipinski definition) is 3. The fourth-order valence-corrected chi connectivity index (χ4v) is 2.55. The van der Waals surface area contributed by atoms with Crippen LogP contribution in [0.4, 0.5) is 0 Å². The zero-order chi connectivity index (χ0) is 13.6. The van der Waals surface area contributed by atoms with E-state index in [1.807, 2.05) is 37.4 Å². The van der Waals surface area contributed by atoms with E-state index in [9.17, 15) is 5.11 Å². The molecule has 0 spiro atoms. The molecule has 3 nitrogen and oxygen atoms in total. The zero-order valence-electron chi connectivity index (χ0n) is 11.8. The van der Waals surface area contributed by atoms with Crippen LogP contribution in [0.25, 0.3) is 0 Å². The molecular weight excluding hydrogens is 238 g/mol. The third kappa shape index (κ3) is 3.56. The van der Waals surface area contributed by atoms with Crippen LogP contribution in [0.2, 0.25) is 0 Å². The van der Waals surface area contributed by atoms with Crippen LogP contribution in [0.1, 0.15) is 31.2 Å². The van der Waals surface area contributed by atoms with Gasteiger partial charge < -0.3 is 15.2 Å². The van der Waals surface area contributed by atoms with E-state index in [2.05, 4.69) is 5.32 Å². The van der Waals surface area contributed by atoms with Crippen LogP contribution in [0.5, 0.6) is 0 Å². The summed E-state index contributed by atoms with van der Waals surface area (Å²) in [7, 11) is 1.87. The topological polar surface area (TPSA) is 41.5 Å². The van der Waals surface area contributed by atoms with Gasteiger partial charge in [-0.3, -0.25) is 0 Å². The van der Waals surface area contributed by atoms with Crippen LogP contribution >= 0.6 is 0 Å². The molecule has 1 unspecified atom stereocenters. The number of hydrogen-bond donors (Lipinski definition) is 2. The van der Waals surface area contributed by atoms with E-state index in [4.69, 9.17) is 4.74 Å². The van der Waals surface area contributed by atoms with Crippen LogP contribution in [0.3, 0.4) is 0 Å². The van der Waals surface area contributed by atoms with E-state index in [0.29, 0.717) is 6.61 Å². The summed E-state index contributed by atoms with van der Waals surface area (Å²) < 4.78 is 5.82. The van der Waals surface area contributed by atoms with Crippen molar-refractivity contribution in [2.75, 3.05) is 26.9 Å². The second-order valence-electron chi connectivity index (χ2n) is 5.49. The van der Waals surface area contributed by atoms with Gasteiger partial charge in [-0.25, -0.2) is 0 Å². The minimum Gasteiger partial charge on any atom is -0.394 e. The molecule has 19 heavy (non-hydrogen) atoms. The van der Waals surface area contributed by atoms with Gasteiger partial charge in [0.15, 0.2) is 0 Å². The van der Waals surface area contributed by atoms with Gasteiger partial charge >= 0.3 is 0 Å². The predicted molar refractivity (Wildman–Crippen MR) is 77.0 cm³/mol. The van der Waals surface area contributed by atoms with Gasteiger partial charge in [-0.05, 0) is 24.9 Å². The molecule has 2 rings (SSSR count). The first-order chi connectivity index (χ1) is 9.30. The Morgan fingerprint density at radius 2 is 2.05 bits per heavy atom. The van der Waals surface area contributed by atoms with Crippen molar-refractivity contribution in [3.8, 4) is 0 Å². The average Bonchev–Trinajstić information content (AvgIpc) is 2.42. The molecule has 1 fully saturated rings. The lowest BCUT2D eigenvalue weighted by atomic mass is 9.83. The monoisotopic (exact) mass is 263 g/mol. The van der Waals surface area contributed by atoms with E-state index in [0.717, 1.165) is 24.5 Å². The Bertz CT molecular complexity index is 358. The lowest BCUT2D eigenvalue weighted by Gasteiger charge is -2.32. The second-order valence-corrected chi connectivity index (χ2v) is 5.49. The number of rotatable bonds is 8. The molecule has 3 heteroatoms. The lowest BCUT2D eigenvalue weighted by Crippen LogP contribution is -2.47. The maximum Gasteiger partial charge on any atom is 0.0903 e. The summed E-state index contributed by atoms with van der Waals surface area (Å²) in [6.45, 7) is 1.34. The molecule has 1 aliphatic rings. The Morgan fingerprint density at radius 3 is 2.58 bits per heavy atom. The number of benzene rings is 1. The van der Waals surface area contributed by atoms with Crippen molar-refractivity contribution >= 4 is 0 Å². The quantitative estimate of drug-likeness (QED) is 0.707. The fraction of sp³-hybridized carbons (Fsp3) is 0.625. The molecule has 0 aliphatic heterocycles. The molecule has 1 atom stereocenters. The molecule has 0 aromatic heterocycles. The van der Waals surface area contributed by atoms with Gasteiger partial charge in [-0.2, -0.15) is 0 Å². The Hall–Kier alpha value is -0.900. The molecule has 0 saturated heterocycles. The Balaban J connectivity index is 1.87. The van der Waals surface area contributed by atoms with Crippen molar-refractivity contribution in [1.29, 1.82) is 0 Å². The van der Waals surface area contributed by atoms with E-state index in [1.54, 1.807) is 0 Å². The minimum atomic E-state index is -0.485. The summed E-state index contributed by atoms with van der Waals surface area (Å²) in [5.74, 6) is 0.870. The normalized spacial score (nSPS) is 18.8. The smallest absolute Gasteiger partial charge is 0.0903 e. The molecule has 0 bridgehead atoms. The molecule has 0 amide bonds. The summed E-state index contributed by atoms with van der Waals surface area (Å²) in [6.07, 6.45) is 5.25. The van der Waals surface area contributed by atoms with Crippen molar-refractivity contribution in [1.82, 2.24) is 5.32 Å².